The highest BCUT2D eigenvalue weighted by molar-refractivity contribution is 8.77. The van der Waals surface area contributed by atoms with Crippen LogP contribution in [0.2, 0.25) is 5.04 Å². The number of ether oxygens (including phenoxy) is 4. The number of H-pyrrole nitrogens is 2. The van der Waals surface area contributed by atoms with Crippen LogP contribution in [0.3, 0.4) is 0 Å². The largest absolute Gasteiger partial charge is 0.471 e. The molecule has 97 heavy (non-hydrogen) atoms. The van der Waals surface area contributed by atoms with Crippen molar-refractivity contribution in [3.63, 3.8) is 0 Å². The summed E-state index contributed by atoms with van der Waals surface area (Å²) in [5, 5.41) is 15.4. The number of carbonyl (C=O) groups is 2. The minimum absolute atomic E-state index is 0.0110. The third kappa shape index (κ3) is 21.4. The Balaban J connectivity index is 0.000000291. The van der Waals surface area contributed by atoms with Crippen LogP contribution in [-0.4, -0.2) is 189 Å². The van der Waals surface area contributed by atoms with E-state index in [2.05, 4.69) is 140 Å². The number of halogens is 6. The molecular weight excluding hydrogens is 1370 g/mol. The lowest BCUT2D eigenvalue weighted by molar-refractivity contribution is -0.173. The van der Waals surface area contributed by atoms with Crippen LogP contribution in [-0.2, 0) is 33.0 Å². The number of aromatic nitrogens is 6. The highest BCUT2D eigenvalue weighted by Crippen LogP contribution is 2.42. The molecule has 8 rings (SSSR count). The molecule has 526 valence electrons. The van der Waals surface area contributed by atoms with Gasteiger partial charge in [0.1, 0.15) is 36.5 Å². The number of hydrogen-bond donors (Lipinski definition) is 5. The number of nitrogens with zero attached hydrogens (tertiary/aromatic N) is 8. The molecule has 2 aliphatic heterocycles. The van der Waals surface area contributed by atoms with Gasteiger partial charge < -0.3 is 58.0 Å². The minimum atomic E-state index is -5.05. The van der Waals surface area contributed by atoms with Crippen LogP contribution >= 0.6 is 43.2 Å². The Bertz CT molecular complexity index is 3940. The Morgan fingerprint density at radius 2 is 1.06 bits per heavy atom. The molecule has 22 nitrogen and oxygen atoms in total. The second-order valence-corrected chi connectivity index (χ2v) is 36.1. The van der Waals surface area contributed by atoms with Gasteiger partial charge in [-0.1, -0.05) is 190 Å². The third-order valence-electron chi connectivity index (χ3n) is 14.1. The maximum absolute atomic E-state index is 13.6. The van der Waals surface area contributed by atoms with Gasteiger partial charge in [0.15, 0.2) is 11.3 Å². The zero-order valence-electron chi connectivity index (χ0n) is 55.8. The lowest BCUT2D eigenvalue weighted by Gasteiger charge is -2.43. The lowest BCUT2D eigenvalue weighted by atomic mass is 10.2. The predicted molar refractivity (Wildman–Crippen MR) is 373 cm³/mol. The van der Waals surface area contributed by atoms with Crippen molar-refractivity contribution in [2.24, 2.45) is 9.98 Å². The van der Waals surface area contributed by atoms with Gasteiger partial charge in [-0.3, -0.25) is 29.1 Å². The topological polar surface area (TPSA) is 257 Å². The molecular formula is C64H80F6N12O10S4Si. The van der Waals surface area contributed by atoms with Gasteiger partial charge in [0.05, 0.1) is 73.1 Å². The molecule has 2 aromatic carbocycles. The summed E-state index contributed by atoms with van der Waals surface area (Å²) in [5.74, 6) is 6.93. The fourth-order valence-electron chi connectivity index (χ4n) is 10.1. The number of amides is 2. The number of aliphatic imine (C=N–C) groups is 2. The number of carbonyl (C=O) groups excluding carboxylic acids is 2. The van der Waals surface area contributed by atoms with Gasteiger partial charge in [-0.15, -0.1) is 0 Å². The molecule has 6 aromatic rings. The van der Waals surface area contributed by atoms with E-state index < -0.39 is 93.6 Å². The van der Waals surface area contributed by atoms with Crippen molar-refractivity contribution in [1.82, 2.24) is 49.5 Å². The molecule has 5 N–H and O–H groups in total. The molecule has 33 heteroatoms. The first-order valence-corrected chi connectivity index (χ1v) is 36.9. The maximum atomic E-state index is 13.6. The summed E-state index contributed by atoms with van der Waals surface area (Å²) < 4.78 is 112. The molecule has 0 radical (unpaired) electrons. The van der Waals surface area contributed by atoms with Crippen LogP contribution in [0, 0.1) is 23.7 Å². The number of nitrogens with one attached hydrogen (secondary N) is 4. The van der Waals surface area contributed by atoms with Gasteiger partial charge in [0.2, 0.25) is 11.9 Å². The number of rotatable bonds is 22. The van der Waals surface area contributed by atoms with Crippen molar-refractivity contribution in [1.29, 1.82) is 0 Å². The van der Waals surface area contributed by atoms with Gasteiger partial charge in [-0.25, -0.2) is 9.98 Å². The Labute approximate surface area is 574 Å². The number of benzene rings is 2. The number of fused-ring (bicyclic) bond motifs is 2. The van der Waals surface area contributed by atoms with Gasteiger partial charge in [-0.2, -0.15) is 36.3 Å². The summed E-state index contributed by atoms with van der Waals surface area (Å²) in [6, 6.07) is 20.6. The molecule has 0 spiro atoms. The summed E-state index contributed by atoms with van der Waals surface area (Å²) in [7, 11) is 10.6. The molecule has 6 heterocycles. The van der Waals surface area contributed by atoms with E-state index in [1.54, 1.807) is 107 Å². The summed E-state index contributed by atoms with van der Waals surface area (Å²) in [6.07, 6.45) is -6.83. The third-order valence-corrected chi connectivity index (χ3v) is 25.1. The predicted octanol–water partition coefficient (Wildman–Crippen LogP) is 9.14. The monoisotopic (exact) mass is 1450 g/mol. The molecule has 2 fully saturated rings. The Kier molecular flexibility index (Phi) is 26.7. The zero-order valence-corrected chi connectivity index (χ0v) is 60.1. The van der Waals surface area contributed by atoms with Gasteiger partial charge in [-0.05, 0) is 15.4 Å². The molecule has 6 atom stereocenters. The van der Waals surface area contributed by atoms with E-state index >= 15 is 0 Å². The fourth-order valence-corrected chi connectivity index (χ4v) is 18.7. The van der Waals surface area contributed by atoms with Crippen LogP contribution in [0.5, 0.6) is 0 Å². The average molecular weight is 1450 g/mol. The normalized spacial score (nSPS) is 18.6. The summed E-state index contributed by atoms with van der Waals surface area (Å²) >= 11 is 0. The van der Waals surface area contributed by atoms with E-state index in [0.29, 0.717) is 24.7 Å². The summed E-state index contributed by atoms with van der Waals surface area (Å²) in [4.78, 5) is 75.1. The van der Waals surface area contributed by atoms with E-state index in [4.69, 9.17) is 23.4 Å². The first kappa shape index (κ1) is 77.6. The average Bonchev–Trinajstić information content (AvgIpc) is 1.69. The molecule has 2 amide bonds. The van der Waals surface area contributed by atoms with Crippen LogP contribution < -0.4 is 32.1 Å². The molecule has 0 saturated carbocycles. The lowest BCUT2D eigenvalue weighted by Crippen LogP contribution is -2.67. The Morgan fingerprint density at radius 3 is 1.42 bits per heavy atom. The van der Waals surface area contributed by atoms with Crippen LogP contribution in [0.15, 0.2) is 92.6 Å². The molecule has 0 aliphatic carbocycles. The molecule has 2 unspecified atom stereocenters. The number of alkyl halides is 6. The van der Waals surface area contributed by atoms with E-state index in [1.807, 2.05) is 36.4 Å². The summed E-state index contributed by atoms with van der Waals surface area (Å²) in [5.41, 5.74) is -0.381. The van der Waals surface area contributed by atoms with Crippen molar-refractivity contribution in [3.05, 3.63) is 105 Å². The van der Waals surface area contributed by atoms with Crippen molar-refractivity contribution in [2.45, 2.75) is 139 Å². The van der Waals surface area contributed by atoms with Crippen molar-refractivity contribution < 1.29 is 64.4 Å². The van der Waals surface area contributed by atoms with Crippen LogP contribution in [0.4, 0.5) is 38.2 Å². The van der Waals surface area contributed by atoms with Crippen LogP contribution in [0.25, 0.3) is 22.1 Å². The van der Waals surface area contributed by atoms with Crippen LogP contribution in [0.1, 0.15) is 98.7 Å². The molecule has 2 saturated heterocycles. The van der Waals surface area contributed by atoms with E-state index in [-0.39, 0.29) is 72.8 Å². The number of aliphatic hydroxyl groups excluding tert-OH is 1. The van der Waals surface area contributed by atoms with E-state index in [0.717, 1.165) is 10.4 Å². The Morgan fingerprint density at radius 1 is 0.670 bits per heavy atom. The molecule has 4 aromatic heterocycles. The highest BCUT2D eigenvalue weighted by atomic mass is 33.1. The van der Waals surface area contributed by atoms with Crippen molar-refractivity contribution in [2.75, 3.05) is 66.4 Å². The maximum Gasteiger partial charge on any atom is 0.471 e. The van der Waals surface area contributed by atoms with E-state index in [1.165, 1.54) is 18.9 Å². The second kappa shape index (κ2) is 33.4. The second-order valence-electron chi connectivity index (χ2n) is 25.6. The highest BCUT2D eigenvalue weighted by Gasteiger charge is 2.52. The van der Waals surface area contributed by atoms with Crippen molar-refractivity contribution in [3.8, 4) is 23.7 Å². The number of hydrogen-bond acceptors (Lipinski definition) is 18. The molecule has 0 bridgehead atoms. The number of aliphatic hydroxyl groups is 1. The van der Waals surface area contributed by atoms with Gasteiger partial charge in [0, 0.05) is 62.9 Å². The van der Waals surface area contributed by atoms with Gasteiger partial charge in [0.25, 0.3) is 19.4 Å². The first-order valence-electron chi connectivity index (χ1n) is 30.4. The summed E-state index contributed by atoms with van der Waals surface area (Å²) in [6.45, 7) is 18.0. The SMILES string of the molecule is CN(C)C=Nc1nc2c(c(C#CCNC(=O)C(F)(F)F)cn2[C@H]2CC(OCSSC(C)(C)C)[C@@H](CO)O2)c(=O)[nH]1.CN(C)C=Nc1nc2c(c(C#CCNC(=O)C(F)(F)F)cn2[C@H]2CC(OCSSC(C)(C)C)[C@@H](CO[Si](c3ccccc3)(c3ccccc3)C(C)(C)C)O2)c(=O)[nH]1. The van der Waals surface area contributed by atoms with Gasteiger partial charge >= 0.3 is 24.2 Å². The minimum Gasteiger partial charge on any atom is -0.405 e. The first-order chi connectivity index (χ1) is 45.5. The molecule has 2 aliphatic rings. The smallest absolute Gasteiger partial charge is 0.405 e. The standard InChI is InChI=1S/C40H49F3N6O5S2Si.C24H31F3N6O5S2/c1-38(2,3)56-55-26-52-30-22-32(54-31(30)24-53-57(39(4,5)6,28-17-11-9-12-18-28)29-19-13-10-14-20-29)49-23-27(16-15-21-44-36(51)40(41,42)43)33-34(49)46-37(47-35(33)50)45-25-48(7)8;1-23(2,3)40-39-13-37-15-9-17(38-16(15)11-34)33-10-14(7-6-8-28-21(36)24(25,26)27)18-19(33)30-22(31-20(18)35)29-12-32(4)5/h9-14,17-20,23,25,30-32H,21-22,24,26H2,1-8H3,(H,44,51)(H,46,47,50);10,12,15-17,34H,8-9,11,13H2,1-5H3,(H,28,36)(H,30,31,35)/t30?,31-,32-;15?,16-,17-/m11/s1. The fraction of sp³-hybridized carbons (Fsp3) is 0.500. The van der Waals surface area contributed by atoms with E-state index in [9.17, 15) is 50.6 Å². The zero-order chi connectivity index (χ0) is 71.3. The Hall–Kier alpha value is -6.76. The van der Waals surface area contributed by atoms with Crippen molar-refractivity contribution >= 4 is 120 Å². The number of aromatic amines is 2. The quantitative estimate of drug-likeness (QED) is 0.00620.